The Kier molecular flexibility index (Phi) is 3.40. The third-order valence-electron chi connectivity index (χ3n) is 1.98. The summed E-state index contributed by atoms with van der Waals surface area (Å²) in [6, 6.07) is 0. The molecule has 1 N–H and O–H groups in total. The Balaban J connectivity index is 2.13. The first kappa shape index (κ1) is 9.86. The molecule has 0 aromatic carbocycles. The number of hydrogen-bond donors (Lipinski definition) is 1. The highest BCUT2D eigenvalue weighted by Gasteiger charge is 2.23. The first-order valence-electron chi connectivity index (χ1n) is 4.22. The zero-order valence-corrected chi connectivity index (χ0v) is 6.90. The molecule has 0 unspecified atom stereocenters. The number of rotatable bonds is 3. The van der Waals surface area contributed by atoms with E-state index in [9.17, 15) is 12.9 Å². The maximum absolute atomic E-state index is 11.8. The van der Waals surface area contributed by atoms with Crippen molar-refractivity contribution in [3.8, 4) is 0 Å². The number of piperazine rings is 1. The summed E-state index contributed by atoms with van der Waals surface area (Å²) in [4.78, 5) is 1.85. The first-order chi connectivity index (χ1) is 5.58. The third-order valence-corrected chi connectivity index (χ3v) is 1.98. The molecule has 1 rings (SSSR count). The molecular formula is C6H13BF3N2-. The summed E-state index contributed by atoms with van der Waals surface area (Å²) in [7, 11) is 0. The zero-order valence-electron chi connectivity index (χ0n) is 6.90. The molecule has 0 bridgehead atoms. The lowest BCUT2D eigenvalue weighted by atomic mass is 9.86. The molecule has 12 heavy (non-hydrogen) atoms. The van der Waals surface area contributed by atoms with E-state index in [1.54, 1.807) is 0 Å². The highest BCUT2D eigenvalue weighted by Crippen LogP contribution is 2.14. The van der Waals surface area contributed by atoms with Gasteiger partial charge in [0.15, 0.2) is 0 Å². The van der Waals surface area contributed by atoms with Gasteiger partial charge >= 0.3 is 6.98 Å². The van der Waals surface area contributed by atoms with Crippen LogP contribution in [0.25, 0.3) is 0 Å². The third kappa shape index (κ3) is 3.97. The van der Waals surface area contributed by atoms with Crippen molar-refractivity contribution < 1.29 is 12.9 Å². The van der Waals surface area contributed by atoms with E-state index < -0.39 is 13.3 Å². The standard InChI is InChI=1S/C6H13BF3N2/c8-7(9,10)1-4-12-5-2-11-3-6-12/h11H,1-6H2/q-1. The van der Waals surface area contributed by atoms with Gasteiger partial charge in [-0.3, -0.25) is 0 Å². The molecule has 6 heteroatoms. The van der Waals surface area contributed by atoms with Gasteiger partial charge in [-0.15, -0.1) is 0 Å². The van der Waals surface area contributed by atoms with Crippen LogP contribution in [-0.2, 0) is 0 Å². The van der Waals surface area contributed by atoms with Crippen LogP contribution in [0.1, 0.15) is 0 Å². The predicted octanol–water partition coefficient (Wildman–Crippen LogP) is 0.739. The van der Waals surface area contributed by atoms with E-state index in [1.165, 1.54) is 0 Å². The summed E-state index contributed by atoms with van der Waals surface area (Å²) in [5, 5.41) is 3.09. The van der Waals surface area contributed by atoms with Crippen LogP contribution in [-0.4, -0.2) is 44.6 Å². The molecule has 0 saturated carbocycles. The monoisotopic (exact) mass is 181 g/mol. The first-order valence-corrected chi connectivity index (χ1v) is 4.22. The summed E-state index contributed by atoms with van der Waals surface area (Å²) < 4.78 is 35.5. The Hall–Kier alpha value is -0.225. The van der Waals surface area contributed by atoms with E-state index in [0.29, 0.717) is 0 Å². The van der Waals surface area contributed by atoms with Crippen molar-refractivity contribution >= 4 is 6.98 Å². The van der Waals surface area contributed by atoms with Crippen molar-refractivity contribution in [3.05, 3.63) is 0 Å². The number of nitrogens with one attached hydrogen (secondary N) is 1. The highest BCUT2D eigenvalue weighted by molar-refractivity contribution is 6.58. The molecule has 1 saturated heterocycles. The Morgan fingerprint density at radius 1 is 1.17 bits per heavy atom. The quantitative estimate of drug-likeness (QED) is 0.646. The summed E-state index contributed by atoms with van der Waals surface area (Å²) >= 11 is 0. The van der Waals surface area contributed by atoms with E-state index in [1.807, 2.05) is 4.90 Å². The minimum absolute atomic E-state index is 0.172. The van der Waals surface area contributed by atoms with Gasteiger partial charge in [0.05, 0.1) is 0 Å². The Morgan fingerprint density at radius 2 is 1.75 bits per heavy atom. The van der Waals surface area contributed by atoms with Crippen LogP contribution in [0, 0.1) is 0 Å². The molecule has 1 fully saturated rings. The second-order valence-electron chi connectivity index (χ2n) is 3.09. The maximum Gasteiger partial charge on any atom is 0.479 e. The van der Waals surface area contributed by atoms with Crippen molar-refractivity contribution in [2.75, 3.05) is 32.7 Å². The Morgan fingerprint density at radius 3 is 2.25 bits per heavy atom. The van der Waals surface area contributed by atoms with E-state index in [-0.39, 0.29) is 6.54 Å². The molecule has 0 spiro atoms. The Labute approximate surface area is 70.2 Å². The summed E-state index contributed by atoms with van der Waals surface area (Å²) in [5.74, 6) is 0. The van der Waals surface area contributed by atoms with Crippen molar-refractivity contribution in [2.24, 2.45) is 0 Å². The largest absolute Gasteiger partial charge is 0.479 e. The van der Waals surface area contributed by atoms with Crippen LogP contribution in [0.15, 0.2) is 0 Å². The maximum atomic E-state index is 11.8. The average Bonchev–Trinajstić information content (AvgIpc) is 2.02. The molecule has 0 aliphatic carbocycles. The molecule has 1 heterocycles. The van der Waals surface area contributed by atoms with Crippen LogP contribution in [0.3, 0.4) is 0 Å². The minimum Gasteiger partial charge on any atom is -0.449 e. The molecule has 0 aromatic rings. The SMILES string of the molecule is F[B-](F)(F)CCN1CCNCC1. The van der Waals surface area contributed by atoms with E-state index in [0.717, 1.165) is 26.2 Å². The van der Waals surface area contributed by atoms with Crippen LogP contribution in [0.5, 0.6) is 0 Å². The molecule has 0 amide bonds. The predicted molar refractivity (Wildman–Crippen MR) is 43.2 cm³/mol. The number of nitrogens with zero attached hydrogens (tertiary/aromatic N) is 1. The lowest BCUT2D eigenvalue weighted by Gasteiger charge is -2.28. The molecule has 0 atom stereocenters. The van der Waals surface area contributed by atoms with Gasteiger partial charge in [-0.05, 0) is 6.54 Å². The van der Waals surface area contributed by atoms with Crippen molar-refractivity contribution in [1.29, 1.82) is 0 Å². The topological polar surface area (TPSA) is 15.3 Å². The second kappa shape index (κ2) is 4.14. The average molecular weight is 181 g/mol. The fraction of sp³-hybridized carbons (Fsp3) is 1.00. The molecule has 2 nitrogen and oxygen atoms in total. The zero-order chi connectivity index (χ0) is 9.03. The molecule has 72 valence electrons. The van der Waals surface area contributed by atoms with E-state index >= 15 is 0 Å². The summed E-state index contributed by atoms with van der Waals surface area (Å²) in [6.45, 7) is -1.31. The van der Waals surface area contributed by atoms with Gasteiger partial charge in [-0.2, -0.15) is 0 Å². The van der Waals surface area contributed by atoms with Gasteiger partial charge in [0.25, 0.3) is 0 Å². The van der Waals surface area contributed by atoms with Gasteiger partial charge in [-0.1, -0.05) is 6.32 Å². The van der Waals surface area contributed by atoms with Gasteiger partial charge in [0, 0.05) is 26.2 Å². The smallest absolute Gasteiger partial charge is 0.449 e. The van der Waals surface area contributed by atoms with Gasteiger partial charge < -0.3 is 23.2 Å². The van der Waals surface area contributed by atoms with Crippen molar-refractivity contribution in [1.82, 2.24) is 10.2 Å². The summed E-state index contributed by atoms with van der Waals surface area (Å²) in [5.41, 5.74) is 0. The van der Waals surface area contributed by atoms with Crippen LogP contribution >= 0.6 is 0 Å². The van der Waals surface area contributed by atoms with E-state index in [4.69, 9.17) is 0 Å². The van der Waals surface area contributed by atoms with Crippen LogP contribution < -0.4 is 5.32 Å². The molecular weight excluding hydrogens is 168 g/mol. The van der Waals surface area contributed by atoms with Gasteiger partial charge in [0.1, 0.15) is 0 Å². The lowest BCUT2D eigenvalue weighted by Crippen LogP contribution is -2.44. The number of hydrogen-bond acceptors (Lipinski definition) is 2. The molecule has 1 aliphatic rings. The normalized spacial score (nSPS) is 21.2. The molecule has 0 radical (unpaired) electrons. The second-order valence-corrected chi connectivity index (χ2v) is 3.09. The van der Waals surface area contributed by atoms with E-state index in [2.05, 4.69) is 5.32 Å². The molecule has 0 aromatic heterocycles. The summed E-state index contributed by atoms with van der Waals surface area (Å²) in [6.07, 6.45) is -0.625. The number of halogens is 3. The molecule has 1 aliphatic heterocycles. The highest BCUT2D eigenvalue weighted by atomic mass is 19.4. The van der Waals surface area contributed by atoms with Gasteiger partial charge in [-0.25, -0.2) is 0 Å². The fourth-order valence-corrected chi connectivity index (χ4v) is 1.26. The van der Waals surface area contributed by atoms with Crippen LogP contribution in [0.2, 0.25) is 6.32 Å². The Bertz CT molecular complexity index is 133. The minimum atomic E-state index is -4.59. The fourth-order valence-electron chi connectivity index (χ4n) is 1.26. The van der Waals surface area contributed by atoms with Crippen LogP contribution in [0.4, 0.5) is 12.9 Å². The lowest BCUT2D eigenvalue weighted by molar-refractivity contribution is 0.246. The van der Waals surface area contributed by atoms with Gasteiger partial charge in [0.2, 0.25) is 0 Å². The van der Waals surface area contributed by atoms with Crippen molar-refractivity contribution in [2.45, 2.75) is 6.32 Å². The van der Waals surface area contributed by atoms with Crippen molar-refractivity contribution in [3.63, 3.8) is 0 Å².